The van der Waals surface area contributed by atoms with E-state index in [0.717, 1.165) is 24.1 Å². The summed E-state index contributed by atoms with van der Waals surface area (Å²) in [5, 5.41) is 0. The highest BCUT2D eigenvalue weighted by Crippen LogP contribution is 2.39. The SMILES string of the molecule is COc1cc(/C=C2/CCCN2C(=O)c2ccco2)cc(OC)c1OC. The summed E-state index contributed by atoms with van der Waals surface area (Å²) >= 11 is 0. The Morgan fingerprint density at radius 2 is 1.88 bits per heavy atom. The Bertz CT molecular complexity index is 754. The number of ether oxygens (including phenoxy) is 3. The third kappa shape index (κ3) is 3.33. The second kappa shape index (κ2) is 7.34. The van der Waals surface area contributed by atoms with Crippen LogP contribution in [-0.2, 0) is 0 Å². The minimum Gasteiger partial charge on any atom is -0.493 e. The van der Waals surface area contributed by atoms with Crippen molar-refractivity contribution < 1.29 is 23.4 Å². The normalized spacial score (nSPS) is 15.5. The summed E-state index contributed by atoms with van der Waals surface area (Å²) in [5.41, 5.74) is 1.82. The lowest BCUT2D eigenvalue weighted by Gasteiger charge is -2.17. The highest BCUT2D eigenvalue weighted by atomic mass is 16.5. The van der Waals surface area contributed by atoms with Crippen molar-refractivity contribution in [2.45, 2.75) is 12.8 Å². The van der Waals surface area contributed by atoms with Crippen LogP contribution in [0.5, 0.6) is 17.2 Å². The van der Waals surface area contributed by atoms with E-state index in [-0.39, 0.29) is 5.91 Å². The van der Waals surface area contributed by atoms with Crippen LogP contribution in [0.4, 0.5) is 0 Å². The molecule has 1 saturated heterocycles. The molecule has 2 heterocycles. The molecule has 0 bridgehead atoms. The molecule has 6 heteroatoms. The number of methoxy groups -OCH3 is 3. The molecule has 0 radical (unpaired) electrons. The van der Waals surface area contributed by atoms with Crippen LogP contribution in [0.25, 0.3) is 6.08 Å². The van der Waals surface area contributed by atoms with Gasteiger partial charge >= 0.3 is 0 Å². The molecule has 25 heavy (non-hydrogen) atoms. The molecule has 1 amide bonds. The summed E-state index contributed by atoms with van der Waals surface area (Å²) in [5.74, 6) is 1.92. The number of allylic oxidation sites excluding steroid dienone is 1. The summed E-state index contributed by atoms with van der Waals surface area (Å²) in [6.45, 7) is 0.676. The van der Waals surface area contributed by atoms with E-state index >= 15 is 0 Å². The van der Waals surface area contributed by atoms with Crippen molar-refractivity contribution in [3.63, 3.8) is 0 Å². The summed E-state index contributed by atoms with van der Waals surface area (Å²) in [4.78, 5) is 14.3. The maximum Gasteiger partial charge on any atom is 0.293 e. The van der Waals surface area contributed by atoms with Gasteiger partial charge in [-0.1, -0.05) is 0 Å². The van der Waals surface area contributed by atoms with Crippen molar-refractivity contribution in [1.29, 1.82) is 0 Å². The Morgan fingerprint density at radius 1 is 1.16 bits per heavy atom. The minimum atomic E-state index is -0.124. The maximum atomic E-state index is 12.6. The zero-order valence-corrected chi connectivity index (χ0v) is 14.6. The van der Waals surface area contributed by atoms with E-state index in [9.17, 15) is 4.79 Å². The molecule has 3 rings (SSSR count). The Morgan fingerprint density at radius 3 is 2.44 bits per heavy atom. The van der Waals surface area contributed by atoms with Gasteiger partial charge in [-0.05, 0) is 48.7 Å². The van der Waals surface area contributed by atoms with Crippen LogP contribution in [0, 0.1) is 0 Å². The fourth-order valence-electron chi connectivity index (χ4n) is 2.99. The molecule has 2 aromatic rings. The lowest BCUT2D eigenvalue weighted by atomic mass is 10.1. The average molecular weight is 343 g/mol. The van der Waals surface area contributed by atoms with E-state index in [1.54, 1.807) is 38.4 Å². The lowest BCUT2D eigenvalue weighted by molar-refractivity contribution is 0.0795. The molecular weight excluding hydrogens is 322 g/mol. The maximum absolute atomic E-state index is 12.6. The fourth-order valence-corrected chi connectivity index (χ4v) is 2.99. The van der Waals surface area contributed by atoms with Crippen molar-refractivity contribution in [2.75, 3.05) is 27.9 Å². The Balaban J connectivity index is 1.95. The van der Waals surface area contributed by atoms with Crippen LogP contribution in [-0.4, -0.2) is 38.7 Å². The van der Waals surface area contributed by atoms with Crippen LogP contribution in [0.2, 0.25) is 0 Å². The first kappa shape index (κ1) is 17.0. The van der Waals surface area contributed by atoms with Crippen LogP contribution in [0.3, 0.4) is 0 Å². The second-order valence-electron chi connectivity index (χ2n) is 5.63. The summed E-state index contributed by atoms with van der Waals surface area (Å²) in [7, 11) is 4.73. The van der Waals surface area contributed by atoms with Crippen molar-refractivity contribution >= 4 is 12.0 Å². The van der Waals surface area contributed by atoms with Gasteiger partial charge in [0.15, 0.2) is 17.3 Å². The quantitative estimate of drug-likeness (QED) is 0.830. The number of hydrogen-bond acceptors (Lipinski definition) is 5. The number of furan rings is 1. The molecule has 1 aliphatic heterocycles. The van der Waals surface area contributed by atoms with Crippen molar-refractivity contribution in [2.24, 2.45) is 0 Å². The smallest absolute Gasteiger partial charge is 0.293 e. The van der Waals surface area contributed by atoms with E-state index < -0.39 is 0 Å². The third-order valence-corrected chi connectivity index (χ3v) is 4.16. The van der Waals surface area contributed by atoms with Gasteiger partial charge in [0.25, 0.3) is 5.91 Å². The molecule has 6 nitrogen and oxygen atoms in total. The number of rotatable bonds is 5. The van der Waals surface area contributed by atoms with Gasteiger partial charge in [0.1, 0.15) is 0 Å². The first-order valence-corrected chi connectivity index (χ1v) is 8.04. The zero-order chi connectivity index (χ0) is 17.8. The zero-order valence-electron chi connectivity index (χ0n) is 14.6. The van der Waals surface area contributed by atoms with E-state index in [2.05, 4.69) is 0 Å². The number of hydrogen-bond donors (Lipinski definition) is 0. The number of likely N-dealkylation sites (tertiary alicyclic amines) is 1. The Labute approximate surface area is 146 Å². The molecule has 0 unspecified atom stereocenters. The largest absolute Gasteiger partial charge is 0.493 e. The summed E-state index contributed by atoms with van der Waals surface area (Å²) in [6, 6.07) is 7.12. The Kier molecular flexibility index (Phi) is 4.97. The van der Waals surface area contributed by atoms with Crippen LogP contribution >= 0.6 is 0 Å². The van der Waals surface area contributed by atoms with Gasteiger partial charge in [-0.15, -0.1) is 0 Å². The first-order chi connectivity index (χ1) is 12.2. The predicted molar refractivity (Wildman–Crippen MR) is 93.1 cm³/mol. The monoisotopic (exact) mass is 343 g/mol. The molecule has 1 fully saturated rings. The van der Waals surface area contributed by atoms with Gasteiger partial charge < -0.3 is 23.5 Å². The molecule has 0 N–H and O–H groups in total. The number of benzene rings is 1. The second-order valence-corrected chi connectivity index (χ2v) is 5.63. The van der Waals surface area contributed by atoms with Crippen LogP contribution in [0.15, 0.2) is 40.6 Å². The number of carbonyl (C=O) groups excluding carboxylic acids is 1. The molecule has 1 aliphatic rings. The molecule has 0 saturated carbocycles. The standard InChI is InChI=1S/C19H21NO5/c1-22-16-11-13(12-17(23-2)18(16)24-3)10-14-6-4-8-20(14)19(21)15-7-5-9-25-15/h5,7,9-12H,4,6,8H2,1-3H3/b14-10-. The van der Waals surface area contributed by atoms with E-state index in [4.69, 9.17) is 18.6 Å². The lowest BCUT2D eigenvalue weighted by Crippen LogP contribution is -2.25. The number of amides is 1. The fraction of sp³-hybridized carbons (Fsp3) is 0.316. The van der Waals surface area contributed by atoms with Gasteiger partial charge in [-0.25, -0.2) is 0 Å². The summed E-state index contributed by atoms with van der Waals surface area (Å²) in [6.07, 6.45) is 5.22. The van der Waals surface area contributed by atoms with E-state index in [0.29, 0.717) is 29.6 Å². The molecule has 1 aromatic heterocycles. The molecule has 132 valence electrons. The number of nitrogens with zero attached hydrogens (tertiary/aromatic N) is 1. The van der Waals surface area contributed by atoms with Gasteiger partial charge in [0, 0.05) is 12.2 Å². The highest BCUT2D eigenvalue weighted by molar-refractivity contribution is 5.93. The molecule has 0 aliphatic carbocycles. The first-order valence-electron chi connectivity index (χ1n) is 8.04. The predicted octanol–water partition coefficient (Wildman–Crippen LogP) is 3.58. The van der Waals surface area contributed by atoms with Gasteiger partial charge in [-0.3, -0.25) is 4.79 Å². The van der Waals surface area contributed by atoms with Crippen molar-refractivity contribution in [3.05, 3.63) is 47.5 Å². The van der Waals surface area contributed by atoms with Gasteiger partial charge in [0.05, 0.1) is 27.6 Å². The van der Waals surface area contributed by atoms with Gasteiger partial charge in [0.2, 0.25) is 5.75 Å². The van der Waals surface area contributed by atoms with Crippen molar-refractivity contribution in [3.8, 4) is 17.2 Å². The van der Waals surface area contributed by atoms with Crippen molar-refractivity contribution in [1.82, 2.24) is 4.90 Å². The third-order valence-electron chi connectivity index (χ3n) is 4.16. The van der Waals surface area contributed by atoms with Crippen LogP contribution in [0.1, 0.15) is 29.0 Å². The molecule has 1 aromatic carbocycles. The molecule has 0 atom stereocenters. The van der Waals surface area contributed by atoms with Gasteiger partial charge in [-0.2, -0.15) is 0 Å². The molecule has 0 spiro atoms. The average Bonchev–Trinajstić information content (AvgIpc) is 3.32. The van der Waals surface area contributed by atoms with E-state index in [1.807, 2.05) is 18.2 Å². The van der Waals surface area contributed by atoms with Crippen LogP contribution < -0.4 is 14.2 Å². The Hall–Kier alpha value is -2.89. The minimum absolute atomic E-state index is 0.124. The highest BCUT2D eigenvalue weighted by Gasteiger charge is 2.26. The summed E-state index contributed by atoms with van der Waals surface area (Å²) < 4.78 is 21.4. The topological polar surface area (TPSA) is 61.1 Å². The molecular formula is C19H21NO5. The van der Waals surface area contributed by atoms with E-state index in [1.165, 1.54) is 6.26 Å². The number of carbonyl (C=O) groups is 1.